The van der Waals surface area contributed by atoms with Crippen LogP contribution in [0.4, 0.5) is 0 Å². The van der Waals surface area contributed by atoms with E-state index in [1.54, 1.807) is 16.4 Å². The first-order valence-electron chi connectivity index (χ1n) is 7.91. The molecule has 0 amide bonds. The molecule has 1 heterocycles. The summed E-state index contributed by atoms with van der Waals surface area (Å²) in [5, 5.41) is 5.34. The number of benzene rings is 2. The lowest BCUT2D eigenvalue weighted by Crippen LogP contribution is -2.10. The molecule has 25 heavy (non-hydrogen) atoms. The number of aromatic nitrogens is 2. The molecule has 0 saturated carbocycles. The predicted molar refractivity (Wildman–Crippen MR) is 112 cm³/mol. The quantitative estimate of drug-likeness (QED) is 0.346. The lowest BCUT2D eigenvalue weighted by Gasteiger charge is -2.19. The van der Waals surface area contributed by atoms with Gasteiger partial charge in [-0.05, 0) is 53.0 Å². The van der Waals surface area contributed by atoms with Crippen LogP contribution in [0.15, 0.2) is 52.9 Å². The van der Waals surface area contributed by atoms with Gasteiger partial charge in [-0.3, -0.25) is 0 Å². The van der Waals surface area contributed by atoms with Crippen molar-refractivity contribution in [1.29, 1.82) is 0 Å². The van der Waals surface area contributed by atoms with Crippen LogP contribution in [0.2, 0.25) is 5.02 Å². The van der Waals surface area contributed by atoms with Crippen molar-refractivity contribution in [3.63, 3.8) is 0 Å². The van der Waals surface area contributed by atoms with Gasteiger partial charge >= 0.3 is 0 Å². The van der Waals surface area contributed by atoms with Crippen LogP contribution >= 0.6 is 46.9 Å². The summed E-state index contributed by atoms with van der Waals surface area (Å²) in [4.78, 5) is 0. The van der Waals surface area contributed by atoms with Crippen molar-refractivity contribution in [3.05, 3.63) is 68.6 Å². The van der Waals surface area contributed by atoms with Crippen molar-refractivity contribution in [2.24, 2.45) is 0 Å². The van der Waals surface area contributed by atoms with Gasteiger partial charge in [-0.1, -0.05) is 79.7 Å². The van der Waals surface area contributed by atoms with E-state index in [0.29, 0.717) is 5.02 Å². The van der Waals surface area contributed by atoms with Gasteiger partial charge in [0.05, 0.1) is 5.69 Å². The average Bonchev–Trinajstić information content (AvgIpc) is 2.94. The lowest BCUT2D eigenvalue weighted by molar-refractivity contribution is 0.590. The van der Waals surface area contributed by atoms with Gasteiger partial charge in [-0.2, -0.15) is 0 Å². The number of thioether (sulfide) groups is 1. The summed E-state index contributed by atoms with van der Waals surface area (Å²) in [5.74, 6) is 0.882. The second-order valence-electron chi connectivity index (χ2n) is 6.76. The zero-order valence-corrected chi connectivity index (χ0v) is 17.5. The molecule has 2 aromatic carbocycles. The van der Waals surface area contributed by atoms with Crippen molar-refractivity contribution >= 4 is 46.9 Å². The molecule has 1 aromatic heterocycles. The Morgan fingerprint density at radius 1 is 1.08 bits per heavy atom. The molecule has 0 aliphatic carbocycles. The molecule has 0 radical (unpaired) electrons. The monoisotopic (exact) mass is 406 g/mol. The van der Waals surface area contributed by atoms with Crippen LogP contribution in [0.1, 0.15) is 31.9 Å². The Hall–Kier alpha value is -1.14. The summed E-state index contributed by atoms with van der Waals surface area (Å²) in [7, 11) is 0. The van der Waals surface area contributed by atoms with Crippen LogP contribution in [0, 0.1) is 3.95 Å². The molecule has 0 spiro atoms. The largest absolute Gasteiger partial charge is 0.211 e. The van der Waals surface area contributed by atoms with Crippen molar-refractivity contribution in [3.8, 4) is 5.69 Å². The Morgan fingerprint density at radius 3 is 2.32 bits per heavy atom. The zero-order chi connectivity index (χ0) is 18.0. The zero-order valence-electron chi connectivity index (χ0n) is 14.3. The maximum atomic E-state index is 5.94. The maximum absolute atomic E-state index is 5.94. The SMILES string of the molecule is CC(C)(C)c1ccc(CSc2nn(-c3ccc(Cl)cc3)c(=S)s2)cc1. The van der Waals surface area contributed by atoms with E-state index in [0.717, 1.165) is 19.7 Å². The topological polar surface area (TPSA) is 17.8 Å². The maximum Gasteiger partial charge on any atom is 0.184 e. The normalized spacial score (nSPS) is 11.7. The molecule has 0 saturated heterocycles. The molecule has 0 N–H and O–H groups in total. The van der Waals surface area contributed by atoms with E-state index < -0.39 is 0 Å². The molecule has 2 nitrogen and oxygen atoms in total. The molecule has 0 atom stereocenters. The first kappa shape index (κ1) is 18.6. The second kappa shape index (κ2) is 7.62. The van der Waals surface area contributed by atoms with E-state index >= 15 is 0 Å². The van der Waals surface area contributed by atoms with Crippen LogP contribution in [0.25, 0.3) is 5.69 Å². The van der Waals surface area contributed by atoms with Gasteiger partial charge in [0.1, 0.15) is 0 Å². The number of nitrogens with zero attached hydrogens (tertiary/aromatic N) is 2. The summed E-state index contributed by atoms with van der Waals surface area (Å²) in [5.41, 5.74) is 3.76. The van der Waals surface area contributed by atoms with E-state index in [9.17, 15) is 0 Å². The number of rotatable bonds is 4. The molecule has 130 valence electrons. The summed E-state index contributed by atoms with van der Waals surface area (Å²) < 4.78 is 3.51. The Balaban J connectivity index is 1.71. The molecule has 3 rings (SSSR count). The molecule has 0 unspecified atom stereocenters. The molecule has 0 aliphatic heterocycles. The minimum absolute atomic E-state index is 0.183. The highest BCUT2D eigenvalue weighted by molar-refractivity contribution is 8.00. The summed E-state index contributed by atoms with van der Waals surface area (Å²) >= 11 is 14.6. The van der Waals surface area contributed by atoms with E-state index in [1.165, 1.54) is 22.5 Å². The predicted octanol–water partition coefficient (Wildman–Crippen LogP) is 6.91. The molecular weight excluding hydrogens is 388 g/mol. The average molecular weight is 407 g/mol. The van der Waals surface area contributed by atoms with Gasteiger partial charge in [0.15, 0.2) is 8.29 Å². The minimum atomic E-state index is 0.183. The first-order valence-corrected chi connectivity index (χ1v) is 10.5. The third-order valence-electron chi connectivity index (χ3n) is 3.78. The Bertz CT molecular complexity index is 904. The fourth-order valence-electron chi connectivity index (χ4n) is 2.31. The lowest BCUT2D eigenvalue weighted by atomic mass is 9.87. The highest BCUT2D eigenvalue weighted by Crippen LogP contribution is 2.29. The Labute approximate surface area is 166 Å². The minimum Gasteiger partial charge on any atom is -0.211 e. The van der Waals surface area contributed by atoms with Gasteiger partial charge in [0, 0.05) is 10.8 Å². The molecule has 0 bridgehead atoms. The third kappa shape index (κ3) is 4.73. The standard InChI is InChI=1S/C19H19ClN2S3/c1-19(2,3)14-6-4-13(5-7-14)12-24-17-21-22(18(23)25-17)16-10-8-15(20)9-11-16/h4-11H,12H2,1-3H3. The molecule has 3 aromatic rings. The molecular formula is C19H19ClN2S3. The van der Waals surface area contributed by atoms with Crippen molar-refractivity contribution in [2.75, 3.05) is 0 Å². The number of halogens is 1. The van der Waals surface area contributed by atoms with E-state index in [-0.39, 0.29) is 5.41 Å². The Morgan fingerprint density at radius 2 is 1.72 bits per heavy atom. The molecule has 6 heteroatoms. The van der Waals surface area contributed by atoms with E-state index in [4.69, 9.17) is 23.8 Å². The second-order valence-corrected chi connectivity index (χ2v) is 10.0. The van der Waals surface area contributed by atoms with Crippen LogP contribution in [-0.2, 0) is 11.2 Å². The van der Waals surface area contributed by atoms with Gasteiger partial charge in [0.25, 0.3) is 0 Å². The highest BCUT2D eigenvalue weighted by atomic mass is 35.5. The van der Waals surface area contributed by atoms with Crippen LogP contribution < -0.4 is 0 Å². The number of hydrogen-bond donors (Lipinski definition) is 0. The summed E-state index contributed by atoms with van der Waals surface area (Å²) in [6.45, 7) is 6.69. The van der Waals surface area contributed by atoms with Crippen molar-refractivity contribution < 1.29 is 0 Å². The first-order chi connectivity index (χ1) is 11.8. The molecule has 0 fully saturated rings. The molecule has 0 aliphatic rings. The smallest absolute Gasteiger partial charge is 0.184 e. The Kier molecular flexibility index (Phi) is 5.68. The van der Waals surface area contributed by atoms with Gasteiger partial charge < -0.3 is 0 Å². The summed E-state index contributed by atoms with van der Waals surface area (Å²) in [6.07, 6.45) is 0. The van der Waals surface area contributed by atoms with Crippen molar-refractivity contribution in [1.82, 2.24) is 9.78 Å². The van der Waals surface area contributed by atoms with Crippen LogP contribution in [0.3, 0.4) is 0 Å². The third-order valence-corrected chi connectivity index (χ3v) is 6.47. The fraction of sp³-hybridized carbons (Fsp3) is 0.263. The van der Waals surface area contributed by atoms with E-state index in [1.807, 2.05) is 24.3 Å². The van der Waals surface area contributed by atoms with Gasteiger partial charge in [0.2, 0.25) is 0 Å². The van der Waals surface area contributed by atoms with Crippen molar-refractivity contribution in [2.45, 2.75) is 36.3 Å². The van der Waals surface area contributed by atoms with Crippen LogP contribution in [0.5, 0.6) is 0 Å². The fourth-order valence-corrected chi connectivity index (χ4v) is 4.75. The highest BCUT2D eigenvalue weighted by Gasteiger charge is 2.13. The summed E-state index contributed by atoms with van der Waals surface area (Å²) in [6, 6.07) is 16.4. The van der Waals surface area contributed by atoms with Gasteiger partial charge in [-0.25, -0.2) is 4.68 Å². The van der Waals surface area contributed by atoms with E-state index in [2.05, 4.69) is 50.1 Å². The number of hydrogen-bond acceptors (Lipinski definition) is 4. The van der Waals surface area contributed by atoms with Crippen LogP contribution in [-0.4, -0.2) is 9.78 Å². The van der Waals surface area contributed by atoms with Gasteiger partial charge in [-0.15, -0.1) is 5.10 Å².